The van der Waals surface area contributed by atoms with Crippen molar-refractivity contribution in [2.45, 2.75) is 91.8 Å². The third-order valence-electron chi connectivity index (χ3n) is 35.2. The van der Waals surface area contributed by atoms with E-state index in [-0.39, 0.29) is 110 Å². The Morgan fingerprint density at radius 2 is 0.600 bits per heavy atom. The monoisotopic (exact) mass is 2390 g/mol. The van der Waals surface area contributed by atoms with Crippen LogP contribution in [0.25, 0.3) is 198 Å². The van der Waals surface area contributed by atoms with Gasteiger partial charge in [0, 0.05) is 103 Å². The van der Waals surface area contributed by atoms with Gasteiger partial charge in [0.05, 0.1) is 77.7 Å². The molecule has 3 spiro atoms. The molecule has 6 aromatic heterocycles. The SMILES string of the molecule is [U+2].[U+2].[U+2].[c-]1ccccc1-c1[c-]c2c3c(c1)-n1c4ccccc4c4ccc5c(c41)C3(c1cccc3c4ccccc4n-5c13)C1CCCC21.[c-]1ccccc1-c1[c-]c2c3c(c1)C1CCCC1C31c3cccc4c5ccccc5n(c34)-c3ccc4c5ccccc5n-2c4c31.[c-]1ccccc1-c1[c-]cc2c3c1C1CCCC1C31c3cccc4c5ccccc5n(c34)-c3ccc4c5ccccc5n-2c4c31. The van der Waals surface area contributed by atoms with Gasteiger partial charge in [-0.1, -0.05) is 230 Å². The summed E-state index contributed by atoms with van der Waals surface area (Å²) in [5.74, 6) is 3.06. The molecule has 0 amide bonds. The molecule has 3 saturated carbocycles. The van der Waals surface area contributed by atoms with Gasteiger partial charge in [-0.2, -0.15) is 109 Å². The number of rotatable bonds is 3. The van der Waals surface area contributed by atoms with Gasteiger partial charge in [0.25, 0.3) is 0 Å². The van der Waals surface area contributed by atoms with Gasteiger partial charge in [-0.3, -0.25) is 0 Å². The maximum absolute atomic E-state index is 4.09. The van der Waals surface area contributed by atoms with Crippen molar-refractivity contribution in [1.29, 1.82) is 0 Å². The molecule has 12 heterocycles. The van der Waals surface area contributed by atoms with Crippen LogP contribution in [-0.4, -0.2) is 27.4 Å². The molecule has 12 aliphatic rings. The summed E-state index contributed by atoms with van der Waals surface area (Å²) in [6, 6.07) is 146. The number of hydrogen-bond donors (Lipinski definition) is 0. The van der Waals surface area contributed by atoms with Crippen molar-refractivity contribution in [1.82, 2.24) is 27.4 Å². The van der Waals surface area contributed by atoms with E-state index in [9.17, 15) is 0 Å². The van der Waals surface area contributed by atoms with Crippen molar-refractivity contribution in [3.05, 3.63) is 431 Å². The first kappa shape index (κ1) is 78.1. The molecule has 0 radical (unpaired) electrons. The van der Waals surface area contributed by atoms with Crippen LogP contribution < -0.4 is 0 Å². The summed E-state index contributed by atoms with van der Waals surface area (Å²) in [6.07, 6.45) is 11.3. The maximum atomic E-state index is 4.09. The van der Waals surface area contributed by atoms with Crippen molar-refractivity contribution in [3.63, 3.8) is 0 Å². The van der Waals surface area contributed by atoms with E-state index in [1.54, 1.807) is 5.56 Å². The smallest absolute Gasteiger partial charge is 0.350 e. The molecule has 135 heavy (non-hydrogen) atoms. The fraction of sp³-hybridized carbons (Fsp3) is 0.143. The van der Waals surface area contributed by atoms with Gasteiger partial charge < -0.3 is 27.4 Å². The molecule has 9 heteroatoms. The van der Waals surface area contributed by atoms with Gasteiger partial charge >= 0.3 is 93.3 Å². The molecule has 6 aliphatic heterocycles. The summed E-state index contributed by atoms with van der Waals surface area (Å²) in [4.78, 5) is 0. The minimum atomic E-state index is -0.215. The summed E-state index contributed by atoms with van der Waals surface area (Å²) in [6.45, 7) is 0. The number of aromatic nitrogens is 6. The van der Waals surface area contributed by atoms with Crippen LogP contribution in [0.3, 0.4) is 0 Å². The summed E-state index contributed by atoms with van der Waals surface area (Å²) < 4.78 is 15.6. The number of para-hydroxylation sites is 9. The van der Waals surface area contributed by atoms with Crippen molar-refractivity contribution in [2.75, 3.05) is 0 Å². The van der Waals surface area contributed by atoms with Crippen LogP contribution in [0, 0.1) is 147 Å². The van der Waals surface area contributed by atoms with Gasteiger partial charge in [-0.15, -0.1) is 35.4 Å². The first-order valence-electron chi connectivity index (χ1n) is 48.1. The van der Waals surface area contributed by atoms with Crippen molar-refractivity contribution < 1.29 is 93.3 Å². The van der Waals surface area contributed by atoms with Crippen molar-refractivity contribution >= 4 is 131 Å². The third-order valence-corrected chi connectivity index (χ3v) is 35.2. The average molecular weight is 2390 g/mol. The van der Waals surface area contributed by atoms with E-state index in [1.165, 1.54) is 290 Å². The number of nitrogens with zero attached hydrogens (tertiary/aromatic N) is 6. The van der Waals surface area contributed by atoms with E-state index in [4.69, 9.17) is 0 Å². The van der Waals surface area contributed by atoms with Crippen molar-refractivity contribution in [3.8, 4) is 67.5 Å². The van der Waals surface area contributed by atoms with E-state index in [1.807, 2.05) is 12.1 Å². The Bertz CT molecular complexity index is 9180. The molecule has 0 N–H and O–H groups in total. The van der Waals surface area contributed by atoms with Gasteiger partial charge in [0.15, 0.2) is 0 Å². The predicted molar refractivity (Wildman–Crippen MR) is 535 cm³/mol. The summed E-state index contributed by atoms with van der Waals surface area (Å²) in [7, 11) is 0. The molecule has 9 unspecified atom stereocenters. The summed E-state index contributed by atoms with van der Waals surface area (Å²) >= 11 is 0. The first-order valence-corrected chi connectivity index (χ1v) is 48.1. The fourth-order valence-electron chi connectivity index (χ4n) is 31.4. The topological polar surface area (TPSA) is 29.6 Å². The Labute approximate surface area is 850 Å². The first-order chi connectivity index (χ1) is 65.6. The molecule has 3 fully saturated rings. The zero-order valence-corrected chi connectivity index (χ0v) is 86.2. The molecule has 36 rings (SSSR count). The van der Waals surface area contributed by atoms with Crippen LogP contribution in [-0.2, 0) is 16.2 Å². The molecule has 624 valence electrons. The number of hydrogen-bond acceptors (Lipinski definition) is 0. The third kappa shape index (κ3) is 8.98. The van der Waals surface area contributed by atoms with E-state index in [2.05, 4.69) is 379 Å². The van der Waals surface area contributed by atoms with Crippen LogP contribution in [0.4, 0.5) is 0 Å². The molecule has 6 nitrogen and oxygen atoms in total. The molecule has 18 aromatic carbocycles. The molecule has 0 saturated heterocycles. The van der Waals surface area contributed by atoms with E-state index >= 15 is 0 Å². The second-order valence-electron chi connectivity index (χ2n) is 40.0. The minimum absolute atomic E-state index is 0. The van der Waals surface area contributed by atoms with E-state index in [0.29, 0.717) is 35.5 Å². The Balaban J connectivity index is 0.0000000935. The summed E-state index contributed by atoms with van der Waals surface area (Å²) in [5, 5.41) is 16.2. The molecular weight excluding hydrogens is 2310 g/mol. The molecule has 6 aliphatic carbocycles. The van der Waals surface area contributed by atoms with Crippen LogP contribution in [0.2, 0.25) is 0 Å². The Morgan fingerprint density at radius 1 is 0.244 bits per heavy atom. The number of benzene rings is 18. The predicted octanol–water partition coefficient (Wildman–Crippen LogP) is 30.0. The van der Waals surface area contributed by atoms with Gasteiger partial charge in [-0.25, -0.2) is 33.4 Å². The molecule has 24 aromatic rings. The van der Waals surface area contributed by atoms with Gasteiger partial charge in [-0.05, 0) is 150 Å². The van der Waals surface area contributed by atoms with Crippen LogP contribution in [0.5, 0.6) is 0 Å². The zero-order chi connectivity index (χ0) is 84.9. The van der Waals surface area contributed by atoms with Gasteiger partial charge in [0.2, 0.25) is 0 Å². The molecular formula is C126H78N6U3. The molecule has 9 atom stereocenters. The van der Waals surface area contributed by atoms with Crippen LogP contribution in [0.1, 0.15) is 142 Å². The van der Waals surface area contributed by atoms with Gasteiger partial charge in [0.1, 0.15) is 0 Å². The van der Waals surface area contributed by atoms with Crippen molar-refractivity contribution in [2.24, 2.45) is 17.8 Å². The number of fused-ring (bicyclic) bond motifs is 30. The largest absolute Gasteiger partial charge is 2.00 e. The average Bonchev–Trinajstić information content (AvgIpc) is 1.58. The maximum Gasteiger partial charge on any atom is 2.00 e. The summed E-state index contributed by atoms with van der Waals surface area (Å²) in [5.41, 5.74) is 48.6. The van der Waals surface area contributed by atoms with Crippen LogP contribution in [0.15, 0.2) is 328 Å². The normalized spacial score (nSPS) is 21.4. The second-order valence-corrected chi connectivity index (χ2v) is 40.0. The van der Waals surface area contributed by atoms with Crippen LogP contribution >= 0.6 is 0 Å². The molecule has 0 bridgehead atoms. The fourth-order valence-corrected chi connectivity index (χ4v) is 31.4. The Hall–Kier alpha value is -12.1. The second kappa shape index (κ2) is 27.4. The van der Waals surface area contributed by atoms with E-state index < -0.39 is 0 Å². The Kier molecular flexibility index (Phi) is 15.9. The Morgan fingerprint density at radius 3 is 1.06 bits per heavy atom. The standard InChI is InChI=1S/3C42H26N2.3U/c1-2-10-24(11-3-1)25-20-22-35-38-37(25)30-15-9-16-31(30)42(38)32-17-8-14-28-26-12-4-6-18-33(26)43(40(28)32)36-23-21-29-27-13-5-7-19-34(27)44(35)41(29)39(36)42;2*1-2-10-24(11-3-1)25-22-31-26-14-8-16-32(26)42-33-17-9-15-29-27-12-4-6-18-34(27)43(40(29)33)36-21-20-30-28-13-5-7-19-35(28)44(41(30)39(36)42)37(23-25)38(31)42;;;/h1-8,10,12-14,17-19,21-23,30-31H,9,15-16H2;1-7,9-10,12-13,15,17-21,23,26,32H,8,14,16H2;1-7,9-10,12-13,15,17-22,26,32H,8,14,16H2;;;/q3*-2;3*+2. The zero-order valence-electron chi connectivity index (χ0n) is 73.7. The quantitative estimate of drug-likeness (QED) is 0.158. The van der Waals surface area contributed by atoms with E-state index in [0.717, 1.165) is 27.8 Å². The minimum Gasteiger partial charge on any atom is -0.350 e.